The third kappa shape index (κ3) is 3.29. The molecule has 0 unspecified atom stereocenters. The zero-order chi connectivity index (χ0) is 16.4. The second-order valence-electron chi connectivity index (χ2n) is 5.42. The Morgan fingerprint density at radius 3 is 2.57 bits per heavy atom. The lowest BCUT2D eigenvalue weighted by molar-refractivity contribution is -0.123. The van der Waals surface area contributed by atoms with Gasteiger partial charge in [0.2, 0.25) is 0 Å². The summed E-state index contributed by atoms with van der Waals surface area (Å²) >= 11 is 0. The number of hydrogen-bond acceptors (Lipinski definition) is 2. The van der Waals surface area contributed by atoms with Crippen LogP contribution in [0.25, 0.3) is 6.08 Å². The van der Waals surface area contributed by atoms with Crippen molar-refractivity contribution >= 4 is 18.0 Å². The van der Waals surface area contributed by atoms with Gasteiger partial charge in [0.15, 0.2) is 0 Å². The molecule has 0 aromatic heterocycles. The average molecular weight is 310 g/mol. The molecule has 0 saturated carbocycles. The van der Waals surface area contributed by atoms with Gasteiger partial charge < -0.3 is 5.32 Å². The fourth-order valence-electron chi connectivity index (χ4n) is 2.35. The highest BCUT2D eigenvalue weighted by Gasteiger charge is 2.33. The van der Waals surface area contributed by atoms with Crippen molar-refractivity contribution in [2.75, 3.05) is 0 Å². The average Bonchev–Trinajstić information content (AvgIpc) is 2.77. The summed E-state index contributed by atoms with van der Waals surface area (Å²) in [6.45, 7) is 2.17. The molecular formula is C18H15FN2O2. The SMILES string of the molecule is Cc1ccc(CN2C(=O)N/C(=C/c3cccc(F)c3)C2=O)cc1. The first-order valence-corrected chi connectivity index (χ1v) is 7.18. The van der Waals surface area contributed by atoms with Crippen LogP contribution < -0.4 is 5.32 Å². The van der Waals surface area contributed by atoms with Crippen LogP contribution in [-0.2, 0) is 11.3 Å². The summed E-state index contributed by atoms with van der Waals surface area (Å²) in [5, 5.41) is 2.53. The molecule has 3 rings (SSSR count). The minimum atomic E-state index is -0.474. The summed E-state index contributed by atoms with van der Waals surface area (Å²) in [5.41, 5.74) is 2.64. The molecule has 4 nitrogen and oxygen atoms in total. The van der Waals surface area contributed by atoms with E-state index in [9.17, 15) is 14.0 Å². The molecule has 1 saturated heterocycles. The first-order valence-electron chi connectivity index (χ1n) is 7.18. The van der Waals surface area contributed by atoms with Crippen LogP contribution in [0.4, 0.5) is 9.18 Å². The Bertz CT molecular complexity index is 797. The van der Waals surface area contributed by atoms with Gasteiger partial charge >= 0.3 is 6.03 Å². The molecule has 1 fully saturated rings. The highest BCUT2D eigenvalue weighted by atomic mass is 19.1. The van der Waals surface area contributed by atoms with Crippen molar-refractivity contribution in [2.45, 2.75) is 13.5 Å². The number of benzene rings is 2. The monoisotopic (exact) mass is 310 g/mol. The second kappa shape index (κ2) is 6.04. The number of urea groups is 1. The Kier molecular flexibility index (Phi) is 3.93. The number of amides is 3. The molecule has 1 aliphatic heterocycles. The molecule has 5 heteroatoms. The first kappa shape index (κ1) is 15.0. The number of halogens is 1. The molecule has 0 bridgehead atoms. The number of nitrogens with one attached hydrogen (secondary N) is 1. The molecule has 116 valence electrons. The summed E-state index contributed by atoms with van der Waals surface area (Å²) in [7, 11) is 0. The van der Waals surface area contributed by atoms with Crippen molar-refractivity contribution in [3.63, 3.8) is 0 Å². The number of carbonyl (C=O) groups excluding carboxylic acids is 2. The summed E-state index contributed by atoms with van der Waals surface area (Å²) in [6, 6.07) is 13.0. The molecule has 2 aromatic rings. The lowest BCUT2D eigenvalue weighted by Gasteiger charge is -2.11. The van der Waals surface area contributed by atoms with Crippen molar-refractivity contribution in [3.8, 4) is 0 Å². The highest BCUT2D eigenvalue weighted by molar-refractivity contribution is 6.13. The minimum Gasteiger partial charge on any atom is -0.303 e. The van der Waals surface area contributed by atoms with Crippen molar-refractivity contribution in [1.29, 1.82) is 0 Å². The Balaban J connectivity index is 1.81. The molecule has 0 atom stereocenters. The zero-order valence-corrected chi connectivity index (χ0v) is 12.5. The topological polar surface area (TPSA) is 49.4 Å². The van der Waals surface area contributed by atoms with Crippen molar-refractivity contribution in [2.24, 2.45) is 0 Å². The minimum absolute atomic E-state index is 0.146. The van der Waals surface area contributed by atoms with E-state index in [2.05, 4.69) is 5.32 Å². The van der Waals surface area contributed by atoms with Crippen LogP contribution in [0, 0.1) is 12.7 Å². The Morgan fingerprint density at radius 1 is 1.13 bits per heavy atom. The molecule has 1 aliphatic rings. The normalized spacial score (nSPS) is 16.1. The second-order valence-corrected chi connectivity index (χ2v) is 5.42. The standard InChI is InChI=1S/C18H15FN2O2/c1-12-5-7-13(8-6-12)11-21-17(22)16(20-18(21)23)10-14-3-2-4-15(19)9-14/h2-10H,11H2,1H3,(H,20,23)/b16-10+. The van der Waals surface area contributed by atoms with Gasteiger partial charge in [0.05, 0.1) is 6.54 Å². The van der Waals surface area contributed by atoms with Crippen LogP contribution >= 0.6 is 0 Å². The predicted octanol–water partition coefficient (Wildman–Crippen LogP) is 3.23. The largest absolute Gasteiger partial charge is 0.329 e. The van der Waals surface area contributed by atoms with E-state index in [1.54, 1.807) is 12.1 Å². The highest BCUT2D eigenvalue weighted by Crippen LogP contribution is 2.17. The number of carbonyl (C=O) groups is 2. The number of nitrogens with zero attached hydrogens (tertiary/aromatic N) is 1. The van der Waals surface area contributed by atoms with E-state index in [1.807, 2.05) is 31.2 Å². The van der Waals surface area contributed by atoms with Crippen molar-refractivity contribution < 1.29 is 14.0 Å². The molecule has 1 N–H and O–H groups in total. The zero-order valence-electron chi connectivity index (χ0n) is 12.5. The third-order valence-corrected chi connectivity index (χ3v) is 3.58. The van der Waals surface area contributed by atoms with Crippen LogP contribution in [0.15, 0.2) is 54.2 Å². The van der Waals surface area contributed by atoms with E-state index in [1.165, 1.54) is 18.2 Å². The maximum Gasteiger partial charge on any atom is 0.329 e. The Hall–Kier alpha value is -2.95. The van der Waals surface area contributed by atoms with Crippen LogP contribution in [-0.4, -0.2) is 16.8 Å². The quantitative estimate of drug-likeness (QED) is 0.699. The van der Waals surface area contributed by atoms with Crippen molar-refractivity contribution in [1.82, 2.24) is 10.2 Å². The van der Waals surface area contributed by atoms with Gasteiger partial charge in [0.1, 0.15) is 11.5 Å². The summed E-state index contributed by atoms with van der Waals surface area (Å²) in [6.07, 6.45) is 1.47. The van der Waals surface area contributed by atoms with E-state index < -0.39 is 17.8 Å². The van der Waals surface area contributed by atoms with Gasteiger partial charge in [-0.2, -0.15) is 0 Å². The van der Waals surface area contributed by atoms with Gasteiger partial charge in [0.25, 0.3) is 5.91 Å². The van der Waals surface area contributed by atoms with Gasteiger partial charge in [-0.05, 0) is 36.3 Å². The molecule has 1 heterocycles. The van der Waals surface area contributed by atoms with Crippen LogP contribution in [0.5, 0.6) is 0 Å². The molecule has 0 spiro atoms. The lowest BCUT2D eigenvalue weighted by atomic mass is 10.1. The molecule has 2 aromatic carbocycles. The van der Waals surface area contributed by atoms with Gasteiger partial charge in [0, 0.05) is 0 Å². The molecule has 0 radical (unpaired) electrons. The predicted molar refractivity (Wildman–Crippen MR) is 84.6 cm³/mol. The Morgan fingerprint density at radius 2 is 1.87 bits per heavy atom. The molecular weight excluding hydrogens is 295 g/mol. The maximum atomic E-state index is 13.2. The van der Waals surface area contributed by atoms with E-state index in [0.29, 0.717) is 5.56 Å². The van der Waals surface area contributed by atoms with Gasteiger partial charge in [-0.1, -0.05) is 42.0 Å². The van der Waals surface area contributed by atoms with Crippen LogP contribution in [0.2, 0.25) is 0 Å². The fourth-order valence-corrected chi connectivity index (χ4v) is 2.35. The van der Waals surface area contributed by atoms with E-state index >= 15 is 0 Å². The summed E-state index contributed by atoms with van der Waals surface area (Å²) in [4.78, 5) is 25.5. The number of hydrogen-bond donors (Lipinski definition) is 1. The molecule has 0 aliphatic carbocycles. The first-order chi connectivity index (χ1) is 11.0. The summed E-state index contributed by atoms with van der Waals surface area (Å²) < 4.78 is 13.2. The summed E-state index contributed by atoms with van der Waals surface area (Å²) in [5.74, 6) is -0.813. The van der Waals surface area contributed by atoms with Crippen LogP contribution in [0.3, 0.4) is 0 Å². The smallest absolute Gasteiger partial charge is 0.303 e. The molecule has 3 amide bonds. The van der Waals surface area contributed by atoms with E-state index in [0.717, 1.165) is 16.0 Å². The van der Waals surface area contributed by atoms with E-state index in [4.69, 9.17) is 0 Å². The van der Waals surface area contributed by atoms with Crippen LogP contribution in [0.1, 0.15) is 16.7 Å². The third-order valence-electron chi connectivity index (χ3n) is 3.58. The number of aryl methyl sites for hydroxylation is 1. The van der Waals surface area contributed by atoms with E-state index in [-0.39, 0.29) is 12.2 Å². The van der Waals surface area contributed by atoms with Crippen molar-refractivity contribution in [3.05, 3.63) is 76.7 Å². The van der Waals surface area contributed by atoms with Gasteiger partial charge in [-0.3, -0.25) is 9.69 Å². The fraction of sp³-hybridized carbons (Fsp3) is 0.111. The number of imide groups is 1. The molecule has 23 heavy (non-hydrogen) atoms. The lowest BCUT2D eigenvalue weighted by Crippen LogP contribution is -2.30. The number of rotatable bonds is 3. The van der Waals surface area contributed by atoms with Gasteiger partial charge in [-0.15, -0.1) is 0 Å². The van der Waals surface area contributed by atoms with Gasteiger partial charge in [-0.25, -0.2) is 9.18 Å². The Labute approximate surface area is 133 Å². The maximum absolute atomic E-state index is 13.2.